The second-order valence-electron chi connectivity index (χ2n) is 5.79. The van der Waals surface area contributed by atoms with Crippen LogP contribution in [0.25, 0.3) is 22.6 Å². The first-order valence-electron chi connectivity index (χ1n) is 7.64. The largest absolute Gasteiger partial charge is 0.369 e. The van der Waals surface area contributed by atoms with E-state index in [0.717, 1.165) is 48.7 Å². The number of rotatable bonds is 2. The summed E-state index contributed by atoms with van der Waals surface area (Å²) in [6.45, 7) is 4.42. The summed E-state index contributed by atoms with van der Waals surface area (Å²) < 4.78 is 0. The highest BCUT2D eigenvalue weighted by atomic mass is 15.2. The number of nitrogens with zero attached hydrogens (tertiary/aromatic N) is 4. The lowest BCUT2D eigenvalue weighted by molar-refractivity contribution is 0.313. The van der Waals surface area contributed by atoms with Crippen molar-refractivity contribution in [1.29, 1.82) is 0 Å². The minimum atomic E-state index is 0.834. The molecule has 112 valence electrons. The summed E-state index contributed by atoms with van der Waals surface area (Å²) in [6.07, 6.45) is 1.78. The number of imidazole rings is 1. The molecular formula is C17H19N5. The third kappa shape index (κ3) is 2.44. The van der Waals surface area contributed by atoms with Gasteiger partial charge in [-0.15, -0.1) is 0 Å². The maximum atomic E-state index is 4.60. The summed E-state index contributed by atoms with van der Waals surface area (Å²) in [5, 5.41) is 0. The van der Waals surface area contributed by atoms with Crippen LogP contribution in [0.2, 0.25) is 0 Å². The Morgan fingerprint density at radius 2 is 1.77 bits per heavy atom. The maximum Gasteiger partial charge on any atom is 0.157 e. The minimum absolute atomic E-state index is 0.834. The van der Waals surface area contributed by atoms with Crippen molar-refractivity contribution in [2.75, 3.05) is 38.1 Å². The maximum absolute atomic E-state index is 4.60. The molecule has 4 rings (SSSR count). The Morgan fingerprint density at radius 3 is 2.50 bits per heavy atom. The average Bonchev–Trinajstić information content (AvgIpc) is 3.00. The van der Waals surface area contributed by atoms with Gasteiger partial charge < -0.3 is 14.8 Å². The SMILES string of the molecule is CN1CCN(c2ccc(-c3nc4cccnc4[nH]3)cc2)CC1. The van der Waals surface area contributed by atoms with Crippen molar-refractivity contribution < 1.29 is 0 Å². The van der Waals surface area contributed by atoms with E-state index in [1.807, 2.05) is 12.1 Å². The zero-order valence-corrected chi connectivity index (χ0v) is 12.7. The van der Waals surface area contributed by atoms with Gasteiger partial charge in [-0.1, -0.05) is 0 Å². The second-order valence-corrected chi connectivity index (χ2v) is 5.79. The summed E-state index contributed by atoms with van der Waals surface area (Å²) in [5.74, 6) is 0.874. The summed E-state index contributed by atoms with van der Waals surface area (Å²) in [4.78, 5) is 17.0. The van der Waals surface area contributed by atoms with Crippen LogP contribution in [0, 0.1) is 0 Å². The molecule has 0 aliphatic carbocycles. The van der Waals surface area contributed by atoms with Crippen LogP contribution in [-0.2, 0) is 0 Å². The molecule has 1 aliphatic rings. The number of nitrogens with one attached hydrogen (secondary N) is 1. The fourth-order valence-electron chi connectivity index (χ4n) is 2.88. The van der Waals surface area contributed by atoms with Gasteiger partial charge in [-0.05, 0) is 43.4 Å². The van der Waals surface area contributed by atoms with E-state index >= 15 is 0 Å². The first kappa shape index (κ1) is 13.3. The Labute approximate surface area is 129 Å². The average molecular weight is 293 g/mol. The number of aromatic amines is 1. The standard InChI is InChI=1S/C17H19N5/c1-21-9-11-22(12-10-21)14-6-4-13(5-7-14)16-19-15-3-2-8-18-17(15)20-16/h2-8H,9-12H2,1H3,(H,18,19,20). The van der Waals surface area contributed by atoms with E-state index < -0.39 is 0 Å². The van der Waals surface area contributed by atoms with Gasteiger partial charge in [-0.25, -0.2) is 9.97 Å². The number of anilines is 1. The Bertz CT molecular complexity index is 736. The summed E-state index contributed by atoms with van der Waals surface area (Å²) in [7, 11) is 2.18. The molecule has 3 heterocycles. The molecule has 0 atom stereocenters. The van der Waals surface area contributed by atoms with Crippen LogP contribution in [0.5, 0.6) is 0 Å². The lowest BCUT2D eigenvalue weighted by Gasteiger charge is -2.34. The number of hydrogen-bond acceptors (Lipinski definition) is 4. The minimum Gasteiger partial charge on any atom is -0.369 e. The van der Waals surface area contributed by atoms with Gasteiger partial charge in [0.05, 0.1) is 0 Å². The van der Waals surface area contributed by atoms with Gasteiger partial charge in [-0.2, -0.15) is 0 Å². The van der Waals surface area contributed by atoms with Crippen molar-refractivity contribution in [2.45, 2.75) is 0 Å². The molecule has 0 radical (unpaired) electrons. The molecule has 5 heteroatoms. The van der Waals surface area contributed by atoms with E-state index in [0.29, 0.717) is 0 Å². The van der Waals surface area contributed by atoms with Crippen molar-refractivity contribution in [2.24, 2.45) is 0 Å². The molecule has 2 aromatic heterocycles. The van der Waals surface area contributed by atoms with Gasteiger partial charge >= 0.3 is 0 Å². The van der Waals surface area contributed by atoms with E-state index in [2.05, 4.69) is 56.1 Å². The third-order valence-corrected chi connectivity index (χ3v) is 4.26. The van der Waals surface area contributed by atoms with Crippen LogP contribution in [0.1, 0.15) is 0 Å². The number of fused-ring (bicyclic) bond motifs is 1. The Kier molecular flexibility index (Phi) is 3.27. The zero-order valence-electron chi connectivity index (χ0n) is 12.7. The molecule has 1 N–H and O–H groups in total. The molecule has 0 saturated carbocycles. The summed E-state index contributed by atoms with van der Waals surface area (Å²) in [6, 6.07) is 12.5. The fourth-order valence-corrected chi connectivity index (χ4v) is 2.88. The molecule has 1 aliphatic heterocycles. The summed E-state index contributed by atoms with van der Waals surface area (Å²) >= 11 is 0. The van der Waals surface area contributed by atoms with Crippen LogP contribution < -0.4 is 4.90 Å². The molecule has 0 unspecified atom stereocenters. The molecular weight excluding hydrogens is 274 g/mol. The van der Waals surface area contributed by atoms with Gasteiger partial charge in [0.1, 0.15) is 11.3 Å². The molecule has 1 aromatic carbocycles. The van der Waals surface area contributed by atoms with E-state index in [9.17, 15) is 0 Å². The number of aromatic nitrogens is 3. The third-order valence-electron chi connectivity index (χ3n) is 4.26. The number of pyridine rings is 1. The predicted octanol–water partition coefficient (Wildman–Crippen LogP) is 2.38. The Hall–Kier alpha value is -2.40. The Balaban J connectivity index is 1.58. The van der Waals surface area contributed by atoms with Crippen molar-refractivity contribution in [3.8, 4) is 11.4 Å². The topological polar surface area (TPSA) is 48.1 Å². The fraction of sp³-hybridized carbons (Fsp3) is 0.294. The number of benzene rings is 1. The van der Waals surface area contributed by atoms with E-state index in [-0.39, 0.29) is 0 Å². The number of hydrogen-bond donors (Lipinski definition) is 1. The van der Waals surface area contributed by atoms with E-state index in [1.54, 1.807) is 6.20 Å². The zero-order chi connectivity index (χ0) is 14.9. The number of piperazine rings is 1. The molecule has 22 heavy (non-hydrogen) atoms. The van der Waals surface area contributed by atoms with Crippen LogP contribution >= 0.6 is 0 Å². The molecule has 0 bridgehead atoms. The first-order valence-corrected chi connectivity index (χ1v) is 7.64. The lowest BCUT2D eigenvalue weighted by atomic mass is 10.1. The molecule has 1 saturated heterocycles. The van der Waals surface area contributed by atoms with Crippen molar-refractivity contribution >= 4 is 16.9 Å². The first-order chi connectivity index (χ1) is 10.8. The quantitative estimate of drug-likeness (QED) is 0.788. The second kappa shape index (κ2) is 5.42. The van der Waals surface area contributed by atoms with E-state index in [4.69, 9.17) is 0 Å². The predicted molar refractivity (Wildman–Crippen MR) is 89.0 cm³/mol. The number of H-pyrrole nitrogens is 1. The van der Waals surface area contributed by atoms with Crippen LogP contribution in [0.4, 0.5) is 5.69 Å². The highest BCUT2D eigenvalue weighted by Gasteiger charge is 2.14. The molecule has 0 spiro atoms. The smallest absolute Gasteiger partial charge is 0.157 e. The van der Waals surface area contributed by atoms with Crippen molar-refractivity contribution in [1.82, 2.24) is 19.9 Å². The van der Waals surface area contributed by atoms with Gasteiger partial charge in [0.15, 0.2) is 5.65 Å². The molecule has 5 nitrogen and oxygen atoms in total. The molecule has 0 amide bonds. The highest BCUT2D eigenvalue weighted by molar-refractivity contribution is 5.76. The van der Waals surface area contributed by atoms with Crippen LogP contribution in [-0.4, -0.2) is 53.1 Å². The van der Waals surface area contributed by atoms with Gasteiger partial charge in [0.25, 0.3) is 0 Å². The van der Waals surface area contributed by atoms with E-state index in [1.165, 1.54) is 5.69 Å². The normalized spacial score (nSPS) is 16.3. The van der Waals surface area contributed by atoms with Crippen LogP contribution in [0.3, 0.4) is 0 Å². The molecule has 3 aromatic rings. The van der Waals surface area contributed by atoms with Gasteiger partial charge in [-0.3, -0.25) is 0 Å². The monoisotopic (exact) mass is 293 g/mol. The van der Waals surface area contributed by atoms with Gasteiger partial charge in [0, 0.05) is 43.6 Å². The van der Waals surface area contributed by atoms with Crippen molar-refractivity contribution in [3.63, 3.8) is 0 Å². The summed E-state index contributed by atoms with van der Waals surface area (Å²) in [5.41, 5.74) is 4.11. The lowest BCUT2D eigenvalue weighted by Crippen LogP contribution is -2.44. The van der Waals surface area contributed by atoms with Gasteiger partial charge in [0.2, 0.25) is 0 Å². The van der Waals surface area contributed by atoms with Crippen LogP contribution in [0.15, 0.2) is 42.6 Å². The van der Waals surface area contributed by atoms with Crippen molar-refractivity contribution in [3.05, 3.63) is 42.6 Å². The molecule has 1 fully saturated rings. The highest BCUT2D eigenvalue weighted by Crippen LogP contribution is 2.23. The Morgan fingerprint density at radius 1 is 1.00 bits per heavy atom. The number of likely N-dealkylation sites (N-methyl/N-ethyl adjacent to an activating group) is 1.